The summed E-state index contributed by atoms with van der Waals surface area (Å²) in [4.78, 5) is 13.5. The Balaban J connectivity index is 2.27. The number of nitrogens with one attached hydrogen (secondary N) is 1. The number of aryl methyl sites for hydroxylation is 1. The molecule has 1 amide bonds. The van der Waals surface area contributed by atoms with Crippen molar-refractivity contribution in [2.45, 2.75) is 25.7 Å². The minimum Gasteiger partial charge on any atom is -0.323 e. The van der Waals surface area contributed by atoms with Gasteiger partial charge >= 0.3 is 0 Å². The smallest absolute Gasteiger partial charge is 0.245 e. The molecule has 140 valence electrons. The van der Waals surface area contributed by atoms with Gasteiger partial charge in [-0.15, -0.1) is 11.8 Å². The normalized spacial score (nSPS) is 11.2. The molecule has 0 spiro atoms. The van der Waals surface area contributed by atoms with Gasteiger partial charge in [0.25, 0.3) is 0 Å². The van der Waals surface area contributed by atoms with Crippen LogP contribution in [-0.2, 0) is 14.8 Å². The van der Waals surface area contributed by atoms with E-state index < -0.39 is 10.0 Å². The summed E-state index contributed by atoms with van der Waals surface area (Å²) in [5.74, 6) is 0.505. The maximum absolute atomic E-state index is 12.6. The Labute approximate surface area is 159 Å². The molecule has 0 unspecified atom stereocenters. The quantitative estimate of drug-likeness (QED) is 0.728. The molecule has 0 radical (unpaired) electrons. The average molecular weight is 393 g/mol. The number of thioether (sulfide) groups is 1. The van der Waals surface area contributed by atoms with Crippen molar-refractivity contribution in [3.05, 3.63) is 53.6 Å². The second kappa shape index (κ2) is 8.60. The molecule has 0 atom stereocenters. The highest BCUT2D eigenvalue weighted by molar-refractivity contribution is 7.99. The van der Waals surface area contributed by atoms with Crippen LogP contribution in [0.4, 0.5) is 11.4 Å². The van der Waals surface area contributed by atoms with Gasteiger partial charge in [0.1, 0.15) is 6.54 Å². The van der Waals surface area contributed by atoms with Gasteiger partial charge in [0, 0.05) is 4.90 Å². The first-order valence-corrected chi connectivity index (χ1v) is 11.1. The fraction of sp³-hybridized carbons (Fsp3) is 0.316. The third-order valence-corrected chi connectivity index (χ3v) is 6.08. The van der Waals surface area contributed by atoms with E-state index in [9.17, 15) is 13.2 Å². The predicted molar refractivity (Wildman–Crippen MR) is 110 cm³/mol. The van der Waals surface area contributed by atoms with Gasteiger partial charge in [-0.2, -0.15) is 0 Å². The first kappa shape index (κ1) is 20.3. The molecule has 0 aliphatic heterocycles. The number of carbonyl (C=O) groups excluding carboxylic acids is 1. The van der Waals surface area contributed by atoms with Crippen LogP contribution in [0.5, 0.6) is 0 Å². The molecule has 0 heterocycles. The molecule has 7 heteroatoms. The lowest BCUT2D eigenvalue weighted by Gasteiger charge is -2.24. The van der Waals surface area contributed by atoms with Crippen LogP contribution in [0.15, 0.2) is 47.4 Å². The Morgan fingerprint density at radius 3 is 2.46 bits per heavy atom. The van der Waals surface area contributed by atoms with Gasteiger partial charge in [-0.3, -0.25) is 9.10 Å². The van der Waals surface area contributed by atoms with E-state index in [0.29, 0.717) is 11.4 Å². The minimum absolute atomic E-state index is 0.270. The summed E-state index contributed by atoms with van der Waals surface area (Å²) in [6.07, 6.45) is 1.11. The Morgan fingerprint density at radius 2 is 1.81 bits per heavy atom. The molecular weight excluding hydrogens is 368 g/mol. The van der Waals surface area contributed by atoms with Crippen molar-refractivity contribution in [2.24, 2.45) is 0 Å². The van der Waals surface area contributed by atoms with Crippen molar-refractivity contribution in [3.8, 4) is 0 Å². The lowest BCUT2D eigenvalue weighted by Crippen LogP contribution is -2.38. The van der Waals surface area contributed by atoms with Gasteiger partial charge in [-0.1, -0.05) is 31.2 Å². The van der Waals surface area contributed by atoms with Crippen LogP contribution in [0, 0.1) is 13.8 Å². The van der Waals surface area contributed by atoms with E-state index in [0.717, 1.165) is 32.3 Å². The summed E-state index contributed by atoms with van der Waals surface area (Å²) in [6.45, 7) is 5.54. The zero-order valence-electron chi connectivity index (χ0n) is 15.4. The predicted octanol–water partition coefficient (Wildman–Crippen LogP) is 3.82. The third kappa shape index (κ3) is 5.02. The van der Waals surface area contributed by atoms with E-state index in [4.69, 9.17) is 0 Å². The Kier molecular flexibility index (Phi) is 6.72. The molecule has 1 N–H and O–H groups in total. The van der Waals surface area contributed by atoms with Gasteiger partial charge in [0.2, 0.25) is 15.9 Å². The SMILES string of the molecule is CCSc1ccccc1NC(=O)CN(c1cccc(C)c1C)S(C)(=O)=O. The number of sulfonamides is 1. The second-order valence-electron chi connectivity index (χ2n) is 5.97. The molecule has 5 nitrogen and oxygen atoms in total. The van der Waals surface area contributed by atoms with E-state index in [1.807, 2.05) is 51.1 Å². The molecule has 2 rings (SSSR count). The fourth-order valence-electron chi connectivity index (χ4n) is 2.56. The highest BCUT2D eigenvalue weighted by Gasteiger charge is 2.23. The molecule has 2 aromatic carbocycles. The van der Waals surface area contributed by atoms with Crippen molar-refractivity contribution in [3.63, 3.8) is 0 Å². The summed E-state index contributed by atoms with van der Waals surface area (Å²) in [5.41, 5.74) is 3.03. The molecule has 0 aromatic heterocycles. The number of amides is 1. The summed E-state index contributed by atoms with van der Waals surface area (Å²) in [7, 11) is -3.60. The molecule has 0 saturated carbocycles. The first-order chi connectivity index (χ1) is 12.2. The van der Waals surface area contributed by atoms with Crippen molar-refractivity contribution in [1.82, 2.24) is 0 Å². The second-order valence-corrected chi connectivity index (χ2v) is 9.18. The summed E-state index contributed by atoms with van der Waals surface area (Å²) in [6, 6.07) is 12.9. The largest absolute Gasteiger partial charge is 0.323 e. The highest BCUT2D eigenvalue weighted by Crippen LogP contribution is 2.28. The maximum Gasteiger partial charge on any atom is 0.245 e. The highest BCUT2D eigenvalue weighted by atomic mass is 32.2. The Morgan fingerprint density at radius 1 is 1.12 bits per heavy atom. The molecule has 0 aliphatic carbocycles. The zero-order valence-corrected chi connectivity index (χ0v) is 17.1. The number of anilines is 2. The van der Waals surface area contributed by atoms with Crippen molar-refractivity contribution < 1.29 is 13.2 Å². The van der Waals surface area contributed by atoms with Crippen LogP contribution in [0.2, 0.25) is 0 Å². The zero-order chi connectivity index (χ0) is 19.3. The molecule has 0 aliphatic rings. The van der Waals surface area contributed by atoms with E-state index in [2.05, 4.69) is 5.32 Å². The fourth-order valence-corrected chi connectivity index (χ4v) is 4.23. The summed E-state index contributed by atoms with van der Waals surface area (Å²) >= 11 is 1.62. The van der Waals surface area contributed by atoms with E-state index in [-0.39, 0.29) is 12.5 Å². The van der Waals surface area contributed by atoms with Crippen LogP contribution in [-0.4, -0.2) is 32.9 Å². The van der Waals surface area contributed by atoms with Crippen LogP contribution >= 0.6 is 11.8 Å². The lowest BCUT2D eigenvalue weighted by molar-refractivity contribution is -0.114. The third-order valence-electron chi connectivity index (χ3n) is 3.99. The van der Waals surface area contributed by atoms with Crippen molar-refractivity contribution in [2.75, 3.05) is 28.2 Å². The van der Waals surface area contributed by atoms with Gasteiger partial charge in [-0.05, 0) is 48.9 Å². The van der Waals surface area contributed by atoms with E-state index in [1.165, 1.54) is 0 Å². The van der Waals surface area contributed by atoms with Gasteiger partial charge in [0.15, 0.2) is 0 Å². The van der Waals surface area contributed by atoms with E-state index in [1.54, 1.807) is 23.9 Å². The van der Waals surface area contributed by atoms with Gasteiger partial charge in [0.05, 0.1) is 17.6 Å². The van der Waals surface area contributed by atoms with Crippen LogP contribution in [0.1, 0.15) is 18.1 Å². The number of hydrogen-bond donors (Lipinski definition) is 1. The standard InChI is InChI=1S/C19H24N2O3S2/c1-5-25-18-12-7-6-10-16(18)20-19(22)13-21(26(4,23)24)17-11-8-9-14(2)15(17)3/h6-12H,5,13H2,1-4H3,(H,20,22). The Hall–Kier alpha value is -1.99. The topological polar surface area (TPSA) is 66.5 Å². The lowest BCUT2D eigenvalue weighted by atomic mass is 10.1. The molecule has 26 heavy (non-hydrogen) atoms. The monoisotopic (exact) mass is 392 g/mol. The number of benzene rings is 2. The van der Waals surface area contributed by atoms with Crippen LogP contribution < -0.4 is 9.62 Å². The van der Waals surface area contributed by atoms with Crippen molar-refractivity contribution in [1.29, 1.82) is 0 Å². The number of hydrogen-bond acceptors (Lipinski definition) is 4. The molecular formula is C19H24N2O3S2. The Bertz CT molecular complexity index is 895. The number of carbonyl (C=O) groups is 1. The maximum atomic E-state index is 12.6. The summed E-state index contributed by atoms with van der Waals surface area (Å²) in [5, 5.41) is 2.84. The minimum atomic E-state index is -3.60. The molecule has 0 fully saturated rings. The molecule has 0 bridgehead atoms. The van der Waals surface area contributed by atoms with Gasteiger partial charge < -0.3 is 5.32 Å². The number of para-hydroxylation sites is 1. The number of rotatable bonds is 7. The number of nitrogens with zero attached hydrogens (tertiary/aromatic N) is 1. The van der Waals surface area contributed by atoms with Crippen molar-refractivity contribution >= 4 is 39.1 Å². The summed E-state index contributed by atoms with van der Waals surface area (Å²) < 4.78 is 25.7. The van der Waals surface area contributed by atoms with Gasteiger partial charge in [-0.25, -0.2) is 8.42 Å². The molecule has 2 aromatic rings. The first-order valence-electron chi connectivity index (χ1n) is 8.29. The van der Waals surface area contributed by atoms with Crippen LogP contribution in [0.3, 0.4) is 0 Å². The molecule has 0 saturated heterocycles. The van der Waals surface area contributed by atoms with Crippen LogP contribution in [0.25, 0.3) is 0 Å². The van der Waals surface area contributed by atoms with E-state index >= 15 is 0 Å². The average Bonchev–Trinajstić information content (AvgIpc) is 2.57.